The van der Waals surface area contributed by atoms with Crippen LogP contribution in [0.5, 0.6) is 0 Å². The SMILES string of the molecule is c1ccc(-c2ccccc2N(c2cccc(-c3cccc4ccccc34)c2)c2ccccc2-c2cccc3c2ccc2ccc4ccc5ccccc5c4c23)cc1. The van der Waals surface area contributed by atoms with Gasteiger partial charge >= 0.3 is 0 Å². The van der Waals surface area contributed by atoms with Crippen LogP contribution in [0.3, 0.4) is 0 Å². The van der Waals surface area contributed by atoms with Crippen LogP contribution in [0.2, 0.25) is 0 Å². The highest BCUT2D eigenvalue weighted by Gasteiger charge is 2.22. The normalized spacial score (nSPS) is 11.5. The Bertz CT molecular complexity index is 3290. The first-order valence-electron chi connectivity index (χ1n) is 19.7. The van der Waals surface area contributed by atoms with Gasteiger partial charge in [0, 0.05) is 16.8 Å². The maximum Gasteiger partial charge on any atom is 0.0540 e. The summed E-state index contributed by atoms with van der Waals surface area (Å²) in [5.41, 5.74) is 10.5. The lowest BCUT2D eigenvalue weighted by Gasteiger charge is -2.30. The quantitative estimate of drug-likeness (QED) is 0.154. The third-order valence-electron chi connectivity index (χ3n) is 11.6. The van der Waals surface area contributed by atoms with Crippen LogP contribution in [0.25, 0.3) is 87.2 Å². The predicted octanol–water partition coefficient (Wildman–Crippen LogP) is 15.9. The lowest BCUT2D eigenvalue weighted by atomic mass is 9.89. The van der Waals surface area contributed by atoms with E-state index in [1.807, 2.05) is 0 Å². The van der Waals surface area contributed by atoms with Crippen LogP contribution in [0.1, 0.15) is 0 Å². The van der Waals surface area contributed by atoms with Gasteiger partial charge in [-0.3, -0.25) is 0 Å². The Morgan fingerprint density at radius 1 is 0.246 bits per heavy atom. The van der Waals surface area contributed by atoms with Crippen molar-refractivity contribution >= 4 is 70.9 Å². The fourth-order valence-corrected chi connectivity index (χ4v) is 9.04. The third kappa shape index (κ3) is 5.55. The van der Waals surface area contributed by atoms with Crippen LogP contribution in [0.15, 0.2) is 224 Å². The van der Waals surface area contributed by atoms with Gasteiger partial charge in [0.25, 0.3) is 0 Å². The number of rotatable bonds is 6. The molecule has 0 heterocycles. The van der Waals surface area contributed by atoms with E-state index in [2.05, 4.69) is 229 Å². The fraction of sp³-hybridized carbons (Fsp3) is 0. The molecule has 0 amide bonds. The molecule has 0 saturated heterocycles. The summed E-state index contributed by atoms with van der Waals surface area (Å²) in [5, 5.41) is 12.6. The molecule has 0 aliphatic carbocycles. The van der Waals surface area contributed by atoms with Crippen molar-refractivity contribution in [1.29, 1.82) is 0 Å². The van der Waals surface area contributed by atoms with Gasteiger partial charge in [-0.25, -0.2) is 0 Å². The van der Waals surface area contributed by atoms with Gasteiger partial charge < -0.3 is 4.90 Å². The molecule has 57 heavy (non-hydrogen) atoms. The summed E-state index contributed by atoms with van der Waals surface area (Å²) in [5.74, 6) is 0. The Kier molecular flexibility index (Phi) is 7.89. The molecule has 11 rings (SSSR count). The number of hydrogen-bond donors (Lipinski definition) is 0. The smallest absolute Gasteiger partial charge is 0.0540 e. The summed E-state index contributed by atoms with van der Waals surface area (Å²) < 4.78 is 0. The first-order chi connectivity index (χ1) is 28.3. The molecule has 0 atom stereocenters. The van der Waals surface area contributed by atoms with Gasteiger partial charge in [0.05, 0.1) is 11.4 Å². The van der Waals surface area contributed by atoms with Gasteiger partial charge in [-0.15, -0.1) is 0 Å². The first kappa shape index (κ1) is 32.9. The van der Waals surface area contributed by atoms with Crippen LogP contribution < -0.4 is 4.90 Å². The summed E-state index contributed by atoms with van der Waals surface area (Å²) in [6.07, 6.45) is 0. The molecule has 0 N–H and O–H groups in total. The molecule has 0 spiro atoms. The van der Waals surface area contributed by atoms with Crippen LogP contribution in [0, 0.1) is 0 Å². The van der Waals surface area contributed by atoms with Gasteiger partial charge in [-0.1, -0.05) is 200 Å². The molecular formula is C56H37N. The van der Waals surface area contributed by atoms with E-state index >= 15 is 0 Å². The largest absolute Gasteiger partial charge is 0.309 e. The van der Waals surface area contributed by atoms with Crippen molar-refractivity contribution in [2.45, 2.75) is 0 Å². The average molecular weight is 724 g/mol. The lowest BCUT2D eigenvalue weighted by molar-refractivity contribution is 1.28. The van der Waals surface area contributed by atoms with Gasteiger partial charge in [0.2, 0.25) is 0 Å². The zero-order valence-electron chi connectivity index (χ0n) is 31.3. The predicted molar refractivity (Wildman–Crippen MR) is 245 cm³/mol. The standard InChI is InChI=1S/C56H37N/c1-2-15-39(16-3-1)47-23-8-10-29-53(47)57(44-21-12-20-43(37-44)46-26-13-19-38-17-4-6-22-45(38)46)54-30-11-9-25-51(54)49-27-14-28-52-50(49)36-35-42-34-33-41-32-31-40-18-5-7-24-48(40)55(41)56(42)52/h1-37H. The second-order valence-electron chi connectivity index (χ2n) is 14.8. The molecule has 0 radical (unpaired) electrons. The number of anilines is 3. The van der Waals surface area contributed by atoms with Crippen LogP contribution in [-0.4, -0.2) is 0 Å². The van der Waals surface area contributed by atoms with E-state index in [1.165, 1.54) is 87.2 Å². The summed E-state index contributed by atoms with van der Waals surface area (Å²) in [6.45, 7) is 0. The Hall–Kier alpha value is -7.48. The van der Waals surface area contributed by atoms with E-state index in [9.17, 15) is 0 Å². The van der Waals surface area contributed by atoms with Crippen molar-refractivity contribution in [3.63, 3.8) is 0 Å². The monoisotopic (exact) mass is 723 g/mol. The maximum absolute atomic E-state index is 2.47. The Balaban J connectivity index is 1.18. The summed E-state index contributed by atoms with van der Waals surface area (Å²) >= 11 is 0. The van der Waals surface area contributed by atoms with Crippen molar-refractivity contribution in [3.05, 3.63) is 224 Å². The van der Waals surface area contributed by atoms with E-state index in [1.54, 1.807) is 0 Å². The highest BCUT2D eigenvalue weighted by molar-refractivity contribution is 6.28. The molecular weight excluding hydrogens is 687 g/mol. The number of para-hydroxylation sites is 2. The van der Waals surface area contributed by atoms with Gasteiger partial charge in [-0.05, 0) is 100 Å². The molecule has 0 aliphatic rings. The minimum Gasteiger partial charge on any atom is -0.309 e. The van der Waals surface area contributed by atoms with Crippen molar-refractivity contribution in [1.82, 2.24) is 0 Å². The van der Waals surface area contributed by atoms with Gasteiger partial charge in [-0.2, -0.15) is 0 Å². The second-order valence-corrected chi connectivity index (χ2v) is 14.8. The average Bonchev–Trinajstić information content (AvgIpc) is 3.29. The first-order valence-corrected chi connectivity index (χ1v) is 19.7. The minimum absolute atomic E-state index is 1.10. The molecule has 0 unspecified atom stereocenters. The number of hydrogen-bond acceptors (Lipinski definition) is 1. The van der Waals surface area contributed by atoms with E-state index in [4.69, 9.17) is 0 Å². The molecule has 1 nitrogen and oxygen atoms in total. The Morgan fingerprint density at radius 3 is 1.54 bits per heavy atom. The van der Waals surface area contributed by atoms with Crippen LogP contribution in [0.4, 0.5) is 17.1 Å². The van der Waals surface area contributed by atoms with E-state index in [-0.39, 0.29) is 0 Å². The van der Waals surface area contributed by atoms with E-state index in [0.717, 1.165) is 17.1 Å². The second kappa shape index (κ2) is 13.7. The lowest BCUT2D eigenvalue weighted by Crippen LogP contribution is -2.12. The molecule has 0 saturated carbocycles. The molecule has 0 aromatic heterocycles. The molecule has 0 fully saturated rings. The van der Waals surface area contributed by atoms with Crippen LogP contribution >= 0.6 is 0 Å². The molecule has 1 heteroatoms. The third-order valence-corrected chi connectivity index (χ3v) is 11.6. The zero-order valence-corrected chi connectivity index (χ0v) is 31.3. The Labute approximate surface area is 332 Å². The zero-order chi connectivity index (χ0) is 37.7. The molecule has 266 valence electrons. The van der Waals surface area contributed by atoms with Gasteiger partial charge in [0.15, 0.2) is 0 Å². The van der Waals surface area contributed by atoms with Crippen LogP contribution in [-0.2, 0) is 0 Å². The molecule has 11 aromatic carbocycles. The molecule has 0 aliphatic heterocycles. The van der Waals surface area contributed by atoms with E-state index < -0.39 is 0 Å². The fourth-order valence-electron chi connectivity index (χ4n) is 9.04. The topological polar surface area (TPSA) is 3.24 Å². The number of benzene rings is 11. The van der Waals surface area contributed by atoms with Crippen molar-refractivity contribution in [2.75, 3.05) is 4.90 Å². The van der Waals surface area contributed by atoms with Crippen molar-refractivity contribution < 1.29 is 0 Å². The highest BCUT2D eigenvalue weighted by Crippen LogP contribution is 2.47. The maximum atomic E-state index is 2.47. The van der Waals surface area contributed by atoms with Crippen molar-refractivity contribution in [2.24, 2.45) is 0 Å². The Morgan fingerprint density at radius 2 is 0.737 bits per heavy atom. The number of fused-ring (bicyclic) bond motifs is 8. The van der Waals surface area contributed by atoms with E-state index in [0.29, 0.717) is 0 Å². The highest BCUT2D eigenvalue weighted by atomic mass is 15.1. The number of nitrogens with zero attached hydrogens (tertiary/aromatic N) is 1. The summed E-state index contributed by atoms with van der Waals surface area (Å²) in [7, 11) is 0. The summed E-state index contributed by atoms with van der Waals surface area (Å²) in [6, 6.07) is 82.1. The summed E-state index contributed by atoms with van der Waals surface area (Å²) in [4.78, 5) is 2.47. The molecule has 0 bridgehead atoms. The van der Waals surface area contributed by atoms with Crippen molar-refractivity contribution in [3.8, 4) is 33.4 Å². The molecule has 11 aromatic rings. The minimum atomic E-state index is 1.10. The van der Waals surface area contributed by atoms with Gasteiger partial charge in [0.1, 0.15) is 0 Å².